The summed E-state index contributed by atoms with van der Waals surface area (Å²) < 4.78 is 0. The van der Waals surface area contributed by atoms with Gasteiger partial charge in [0, 0.05) is 13.0 Å². The third kappa shape index (κ3) is 10.5. The first kappa shape index (κ1) is 22.1. The molecule has 5 N–H and O–H groups in total. The van der Waals surface area contributed by atoms with Crippen molar-refractivity contribution in [1.82, 2.24) is 4.90 Å². The fourth-order valence-electron chi connectivity index (χ4n) is 1.82. The van der Waals surface area contributed by atoms with Gasteiger partial charge in [-0.15, -0.1) is 0 Å². The van der Waals surface area contributed by atoms with E-state index in [0.717, 1.165) is 24.6 Å². The van der Waals surface area contributed by atoms with Crippen molar-refractivity contribution in [1.29, 1.82) is 0 Å². The Morgan fingerprint density at radius 3 is 2.16 bits per heavy atom. The summed E-state index contributed by atoms with van der Waals surface area (Å²) in [4.78, 5) is 32.2. The normalized spacial score (nSPS) is 13.5. The number of likely N-dealkylation sites (tertiary alicyclic amines) is 1. The number of amides is 2. The molecule has 0 radical (unpaired) electrons. The van der Waals surface area contributed by atoms with Crippen molar-refractivity contribution in [3.63, 3.8) is 0 Å². The van der Waals surface area contributed by atoms with Gasteiger partial charge in [0.05, 0.1) is 0 Å². The van der Waals surface area contributed by atoms with Crippen molar-refractivity contribution < 1.29 is 19.5 Å². The minimum absolute atomic E-state index is 0.208. The van der Waals surface area contributed by atoms with E-state index in [0.29, 0.717) is 12.8 Å². The molecule has 2 rings (SSSR count). The predicted octanol–water partition coefficient (Wildman–Crippen LogP) is 1.05. The van der Waals surface area contributed by atoms with Crippen LogP contribution in [0.25, 0.3) is 0 Å². The van der Waals surface area contributed by atoms with Crippen molar-refractivity contribution in [3.05, 3.63) is 61.3 Å². The molecule has 1 aromatic rings. The zero-order valence-corrected chi connectivity index (χ0v) is 14.1. The number of carboxylic acids is 1. The number of carbonyl (C=O) groups is 3. The van der Waals surface area contributed by atoms with Crippen LogP contribution in [-0.4, -0.2) is 40.4 Å². The predicted molar refractivity (Wildman–Crippen MR) is 96.3 cm³/mol. The number of benzene rings is 1. The summed E-state index contributed by atoms with van der Waals surface area (Å²) in [7, 11) is 0. The molecule has 1 aromatic carbocycles. The van der Waals surface area contributed by atoms with Crippen LogP contribution in [0.2, 0.25) is 0 Å². The highest BCUT2D eigenvalue weighted by molar-refractivity contribution is 5.85. The van der Waals surface area contributed by atoms with Crippen LogP contribution < -0.4 is 11.5 Å². The Morgan fingerprint density at radius 1 is 1.28 bits per heavy atom. The van der Waals surface area contributed by atoms with Crippen molar-refractivity contribution in [2.45, 2.75) is 25.3 Å². The Bertz CT molecular complexity index is 587. The van der Waals surface area contributed by atoms with E-state index in [2.05, 4.69) is 18.9 Å². The molecule has 0 saturated carbocycles. The molecular formula is C18H25N3O4. The molecule has 136 valence electrons. The van der Waals surface area contributed by atoms with E-state index in [-0.39, 0.29) is 5.91 Å². The number of nitrogens with zero attached hydrogens (tertiary/aromatic N) is 1. The molecule has 1 fully saturated rings. The van der Waals surface area contributed by atoms with Crippen LogP contribution in [0.3, 0.4) is 0 Å². The molecule has 1 unspecified atom stereocenters. The molecule has 1 aliphatic heterocycles. The van der Waals surface area contributed by atoms with E-state index in [4.69, 9.17) is 10.8 Å². The monoisotopic (exact) mass is 347 g/mol. The van der Waals surface area contributed by atoms with Crippen LogP contribution in [0.1, 0.15) is 18.4 Å². The van der Waals surface area contributed by atoms with Gasteiger partial charge in [-0.2, -0.15) is 0 Å². The van der Waals surface area contributed by atoms with E-state index < -0.39 is 17.9 Å². The van der Waals surface area contributed by atoms with Gasteiger partial charge < -0.3 is 21.5 Å². The number of carboxylic acid groups (broad SMARTS) is 1. The average molecular weight is 347 g/mol. The second-order valence-corrected chi connectivity index (χ2v) is 5.11. The van der Waals surface area contributed by atoms with Crippen LogP contribution >= 0.6 is 0 Å². The van der Waals surface area contributed by atoms with Crippen LogP contribution in [0, 0.1) is 0 Å². The molecule has 1 saturated heterocycles. The smallest absolute Gasteiger partial charge is 0.320 e. The highest BCUT2D eigenvalue weighted by atomic mass is 16.4. The topological polar surface area (TPSA) is 127 Å². The Balaban J connectivity index is 0.000000382. The van der Waals surface area contributed by atoms with Crippen LogP contribution in [0.15, 0.2) is 55.8 Å². The maximum absolute atomic E-state index is 10.7. The quantitative estimate of drug-likeness (QED) is 0.686. The average Bonchev–Trinajstić information content (AvgIpc) is 3.02. The summed E-state index contributed by atoms with van der Waals surface area (Å²) in [6, 6.07) is 8.54. The summed E-state index contributed by atoms with van der Waals surface area (Å²) in [5, 5.41) is 8.52. The number of rotatable bonds is 5. The third-order valence-corrected chi connectivity index (χ3v) is 3.15. The van der Waals surface area contributed by atoms with Gasteiger partial charge in [0.15, 0.2) is 0 Å². The van der Waals surface area contributed by atoms with Gasteiger partial charge in [-0.05, 0) is 30.7 Å². The van der Waals surface area contributed by atoms with Crippen LogP contribution in [-0.2, 0) is 20.8 Å². The number of carbonyl (C=O) groups excluding carboxylic acids is 2. The van der Waals surface area contributed by atoms with Crippen molar-refractivity contribution in [2.24, 2.45) is 11.5 Å². The fourth-order valence-corrected chi connectivity index (χ4v) is 1.82. The Kier molecular flexibility index (Phi) is 11.0. The summed E-state index contributed by atoms with van der Waals surface area (Å²) in [6.45, 7) is 7.45. The van der Waals surface area contributed by atoms with E-state index in [1.54, 1.807) is 11.1 Å². The molecule has 1 atom stereocenters. The fraction of sp³-hybridized carbons (Fsp3) is 0.278. The molecule has 0 aromatic heterocycles. The van der Waals surface area contributed by atoms with Crippen LogP contribution in [0.4, 0.5) is 0 Å². The molecule has 7 nitrogen and oxygen atoms in total. The lowest BCUT2D eigenvalue weighted by Gasteiger charge is -2.05. The number of hydrogen-bond donors (Lipinski definition) is 3. The van der Waals surface area contributed by atoms with Gasteiger partial charge in [0.2, 0.25) is 11.8 Å². The minimum Gasteiger partial charge on any atom is -0.480 e. The van der Waals surface area contributed by atoms with Gasteiger partial charge in [0.1, 0.15) is 6.04 Å². The van der Waals surface area contributed by atoms with E-state index in [9.17, 15) is 14.4 Å². The number of aliphatic carboxylic acids is 1. The van der Waals surface area contributed by atoms with Gasteiger partial charge in [-0.3, -0.25) is 14.4 Å². The third-order valence-electron chi connectivity index (χ3n) is 3.15. The molecule has 1 heterocycles. The van der Waals surface area contributed by atoms with Crippen molar-refractivity contribution >= 4 is 17.8 Å². The Morgan fingerprint density at radius 2 is 1.84 bits per heavy atom. The number of nitrogens with two attached hydrogens (primary N) is 2. The summed E-state index contributed by atoms with van der Waals surface area (Å²) in [6.07, 6.45) is 4.72. The molecule has 0 spiro atoms. The molecule has 0 bridgehead atoms. The highest BCUT2D eigenvalue weighted by Crippen LogP contribution is 2.08. The van der Waals surface area contributed by atoms with E-state index >= 15 is 0 Å². The largest absolute Gasteiger partial charge is 0.480 e. The summed E-state index contributed by atoms with van der Waals surface area (Å²) in [5.74, 6) is -1.23. The van der Waals surface area contributed by atoms with Crippen molar-refractivity contribution in [2.75, 3.05) is 6.54 Å². The van der Waals surface area contributed by atoms with E-state index in [1.165, 1.54) is 0 Å². The molecule has 25 heavy (non-hydrogen) atoms. The summed E-state index contributed by atoms with van der Waals surface area (Å²) in [5.41, 5.74) is 10.8. The first-order valence-electron chi connectivity index (χ1n) is 7.68. The van der Waals surface area contributed by atoms with Gasteiger partial charge >= 0.3 is 5.97 Å². The molecule has 2 amide bonds. The molecule has 0 aliphatic carbocycles. The second kappa shape index (κ2) is 12.5. The highest BCUT2D eigenvalue weighted by Gasteiger charge is 2.16. The maximum atomic E-state index is 10.7. The van der Waals surface area contributed by atoms with Crippen LogP contribution in [0.5, 0.6) is 0 Å². The SMILES string of the molecule is C=CC(N)=O.C=CN1CCCC1=O.NC(Cc1ccccc1)C(=O)O. The van der Waals surface area contributed by atoms with Crippen molar-refractivity contribution in [3.8, 4) is 0 Å². The number of hydrogen-bond acceptors (Lipinski definition) is 4. The lowest BCUT2D eigenvalue weighted by molar-refractivity contribution is -0.138. The zero-order chi connectivity index (χ0) is 19.2. The first-order valence-corrected chi connectivity index (χ1v) is 7.68. The number of primary amides is 1. The summed E-state index contributed by atoms with van der Waals surface area (Å²) >= 11 is 0. The Labute approximate surface area is 147 Å². The molecule has 1 aliphatic rings. The van der Waals surface area contributed by atoms with Gasteiger partial charge in [-0.25, -0.2) is 0 Å². The molecule has 7 heteroatoms. The lowest BCUT2D eigenvalue weighted by Crippen LogP contribution is -2.32. The molecular weight excluding hydrogens is 322 g/mol. The van der Waals surface area contributed by atoms with E-state index in [1.807, 2.05) is 30.3 Å². The first-order chi connectivity index (χ1) is 11.8. The lowest BCUT2D eigenvalue weighted by atomic mass is 10.1. The maximum Gasteiger partial charge on any atom is 0.320 e. The van der Waals surface area contributed by atoms with Gasteiger partial charge in [-0.1, -0.05) is 43.5 Å². The Hall–Kier alpha value is -2.93. The zero-order valence-electron chi connectivity index (χ0n) is 14.1. The second-order valence-electron chi connectivity index (χ2n) is 5.11. The van der Waals surface area contributed by atoms with Gasteiger partial charge in [0.25, 0.3) is 0 Å². The minimum atomic E-state index is -0.959. The standard InChI is InChI=1S/C9H11NO2.C6H9NO.C3H5NO/c10-8(9(11)12)6-7-4-2-1-3-5-7;1-2-7-5-3-4-6(7)8;1-2-3(4)5/h1-5,8H,6,10H2,(H,11,12);2H,1,3-5H2;2H,1H2,(H2,4,5).